The Balaban J connectivity index is 2.02. The molecule has 5 nitrogen and oxygen atoms in total. The first kappa shape index (κ1) is 14.5. The van der Waals surface area contributed by atoms with Crippen molar-refractivity contribution >= 4 is 21.4 Å². The van der Waals surface area contributed by atoms with Crippen LogP contribution in [-0.2, 0) is 10.0 Å². The molecule has 0 saturated carbocycles. The number of sulfonamides is 1. The van der Waals surface area contributed by atoms with Crippen LogP contribution in [0, 0.1) is 11.3 Å². The maximum atomic E-state index is 11.8. The Hall–Kier alpha value is -0.940. The van der Waals surface area contributed by atoms with Gasteiger partial charge < -0.3 is 0 Å². The largest absolute Gasteiger partial charge is 0.281 e. The fourth-order valence-electron chi connectivity index (χ4n) is 2.19. The summed E-state index contributed by atoms with van der Waals surface area (Å²) in [6, 6.07) is 5.94. The van der Waals surface area contributed by atoms with Crippen molar-refractivity contribution in [3.05, 3.63) is 22.4 Å². The quantitative estimate of drug-likeness (QED) is 0.840. The van der Waals surface area contributed by atoms with Crippen molar-refractivity contribution in [2.24, 2.45) is 0 Å². The highest BCUT2D eigenvalue weighted by Gasteiger charge is 2.29. The molecule has 1 aliphatic heterocycles. The van der Waals surface area contributed by atoms with E-state index in [1.54, 1.807) is 18.3 Å². The lowest BCUT2D eigenvalue weighted by molar-refractivity contribution is 0.164. The van der Waals surface area contributed by atoms with E-state index in [2.05, 4.69) is 6.07 Å². The smallest absolute Gasteiger partial charge is 0.213 e. The molecule has 1 aliphatic rings. The van der Waals surface area contributed by atoms with Crippen LogP contribution in [-0.4, -0.2) is 49.6 Å². The Labute approximate surface area is 118 Å². The van der Waals surface area contributed by atoms with Gasteiger partial charge in [-0.05, 0) is 18.4 Å². The normalized spacial score (nSPS) is 20.0. The molecule has 1 atom stereocenters. The molecule has 1 saturated heterocycles. The van der Waals surface area contributed by atoms with Crippen LogP contribution in [0.4, 0.5) is 0 Å². The molecular weight excluding hydrogens is 282 g/mol. The minimum absolute atomic E-state index is 0.138. The minimum Gasteiger partial charge on any atom is -0.281 e. The number of hydrogen-bond acceptors (Lipinski definition) is 5. The van der Waals surface area contributed by atoms with Crippen molar-refractivity contribution in [1.29, 1.82) is 5.26 Å². The first-order chi connectivity index (χ1) is 9.08. The zero-order chi connectivity index (χ0) is 13.9. The zero-order valence-electron chi connectivity index (χ0n) is 10.8. The molecule has 0 N–H and O–H groups in total. The van der Waals surface area contributed by atoms with Crippen LogP contribution in [0.5, 0.6) is 0 Å². The Morgan fingerprint density at radius 1 is 1.42 bits per heavy atom. The second kappa shape index (κ2) is 6.01. The molecule has 0 aromatic carbocycles. The minimum atomic E-state index is -3.10. The summed E-state index contributed by atoms with van der Waals surface area (Å²) in [7, 11) is -3.10. The van der Waals surface area contributed by atoms with Gasteiger partial charge in [-0.1, -0.05) is 6.07 Å². The third kappa shape index (κ3) is 3.15. The lowest BCUT2D eigenvalue weighted by Crippen LogP contribution is -2.49. The molecule has 1 aromatic heterocycles. The fraction of sp³-hybridized carbons (Fsp3) is 0.583. The monoisotopic (exact) mass is 299 g/mol. The van der Waals surface area contributed by atoms with Gasteiger partial charge in [0.2, 0.25) is 10.0 Å². The summed E-state index contributed by atoms with van der Waals surface area (Å²) in [5.74, 6) is 0.138. The fourth-order valence-corrected chi connectivity index (χ4v) is 4.08. The maximum absolute atomic E-state index is 11.8. The summed E-state index contributed by atoms with van der Waals surface area (Å²) >= 11 is 1.56. The number of nitriles is 1. The standard InChI is InChI=1S/C12H17N3O2S2/c1-2-19(16,17)15-7-5-14(6-8-15)11(10-13)12-4-3-9-18-12/h3-4,9,11H,2,5-8H2,1H3. The number of rotatable bonds is 4. The highest BCUT2D eigenvalue weighted by Crippen LogP contribution is 2.25. The van der Waals surface area contributed by atoms with E-state index in [-0.39, 0.29) is 11.8 Å². The summed E-state index contributed by atoms with van der Waals surface area (Å²) in [6.07, 6.45) is 0. The van der Waals surface area contributed by atoms with Gasteiger partial charge in [0.05, 0.1) is 11.8 Å². The number of nitrogens with zero attached hydrogens (tertiary/aromatic N) is 3. The van der Waals surface area contributed by atoms with E-state index < -0.39 is 10.0 Å². The van der Waals surface area contributed by atoms with Crippen molar-refractivity contribution in [1.82, 2.24) is 9.21 Å². The lowest BCUT2D eigenvalue weighted by Gasteiger charge is -2.35. The summed E-state index contributed by atoms with van der Waals surface area (Å²) in [6.45, 7) is 3.82. The SMILES string of the molecule is CCS(=O)(=O)N1CCN(C(C#N)c2cccs2)CC1. The van der Waals surface area contributed by atoms with E-state index >= 15 is 0 Å². The molecule has 104 valence electrons. The predicted molar refractivity (Wildman–Crippen MR) is 75.3 cm³/mol. The van der Waals surface area contributed by atoms with Gasteiger partial charge in [0.25, 0.3) is 0 Å². The van der Waals surface area contributed by atoms with Gasteiger partial charge in [0.15, 0.2) is 0 Å². The van der Waals surface area contributed by atoms with E-state index in [1.165, 1.54) is 4.31 Å². The van der Waals surface area contributed by atoms with E-state index in [9.17, 15) is 13.7 Å². The van der Waals surface area contributed by atoms with Crippen molar-refractivity contribution < 1.29 is 8.42 Å². The van der Waals surface area contributed by atoms with Crippen molar-refractivity contribution in [2.45, 2.75) is 13.0 Å². The second-order valence-corrected chi connectivity index (χ2v) is 7.62. The average molecular weight is 299 g/mol. The topological polar surface area (TPSA) is 64.4 Å². The Morgan fingerprint density at radius 3 is 2.58 bits per heavy atom. The second-order valence-electron chi connectivity index (χ2n) is 4.38. The molecule has 2 heterocycles. The molecule has 1 aromatic rings. The molecule has 2 rings (SSSR count). The van der Waals surface area contributed by atoms with E-state index in [0.29, 0.717) is 26.2 Å². The molecule has 0 bridgehead atoms. The molecule has 1 fully saturated rings. The van der Waals surface area contributed by atoms with Gasteiger partial charge in [-0.3, -0.25) is 4.90 Å². The lowest BCUT2D eigenvalue weighted by atomic mass is 10.2. The Kier molecular flexibility index (Phi) is 4.58. The number of piperazine rings is 1. The van der Waals surface area contributed by atoms with Crippen LogP contribution >= 0.6 is 11.3 Å². The van der Waals surface area contributed by atoms with Gasteiger partial charge in [-0.2, -0.15) is 9.57 Å². The first-order valence-corrected chi connectivity index (χ1v) is 8.72. The van der Waals surface area contributed by atoms with Crippen molar-refractivity contribution in [2.75, 3.05) is 31.9 Å². The summed E-state index contributed by atoms with van der Waals surface area (Å²) < 4.78 is 25.1. The third-order valence-electron chi connectivity index (χ3n) is 3.33. The summed E-state index contributed by atoms with van der Waals surface area (Å²) in [4.78, 5) is 3.07. The highest BCUT2D eigenvalue weighted by atomic mass is 32.2. The maximum Gasteiger partial charge on any atom is 0.213 e. The van der Waals surface area contributed by atoms with Crippen molar-refractivity contribution in [3.8, 4) is 6.07 Å². The van der Waals surface area contributed by atoms with E-state index in [1.807, 2.05) is 22.4 Å². The van der Waals surface area contributed by atoms with Crippen LogP contribution in [0.1, 0.15) is 17.8 Å². The van der Waals surface area contributed by atoms with Gasteiger partial charge in [0.1, 0.15) is 6.04 Å². The molecule has 7 heteroatoms. The van der Waals surface area contributed by atoms with Gasteiger partial charge in [0, 0.05) is 31.1 Å². The molecule has 1 unspecified atom stereocenters. The van der Waals surface area contributed by atoms with Crippen LogP contribution in [0.15, 0.2) is 17.5 Å². The third-order valence-corrected chi connectivity index (χ3v) is 6.14. The Morgan fingerprint density at radius 2 is 2.11 bits per heavy atom. The molecule has 0 spiro atoms. The Bertz CT molecular complexity index is 540. The zero-order valence-corrected chi connectivity index (χ0v) is 12.5. The molecule has 0 amide bonds. The summed E-state index contributed by atoms with van der Waals surface area (Å²) in [5.41, 5.74) is 0. The van der Waals surface area contributed by atoms with Crippen LogP contribution in [0.25, 0.3) is 0 Å². The first-order valence-electron chi connectivity index (χ1n) is 6.23. The number of thiophene rings is 1. The van der Waals surface area contributed by atoms with Gasteiger partial charge >= 0.3 is 0 Å². The number of hydrogen-bond donors (Lipinski definition) is 0. The van der Waals surface area contributed by atoms with Gasteiger partial charge in [-0.25, -0.2) is 8.42 Å². The van der Waals surface area contributed by atoms with E-state index in [4.69, 9.17) is 0 Å². The molecule has 0 aliphatic carbocycles. The van der Waals surface area contributed by atoms with Crippen LogP contribution in [0.2, 0.25) is 0 Å². The summed E-state index contributed by atoms with van der Waals surface area (Å²) in [5, 5.41) is 11.3. The van der Waals surface area contributed by atoms with Crippen molar-refractivity contribution in [3.63, 3.8) is 0 Å². The predicted octanol–water partition coefficient (Wildman–Crippen LogP) is 1.28. The highest BCUT2D eigenvalue weighted by molar-refractivity contribution is 7.89. The molecule has 0 radical (unpaired) electrons. The van der Waals surface area contributed by atoms with Crippen LogP contribution in [0.3, 0.4) is 0 Å². The van der Waals surface area contributed by atoms with E-state index in [0.717, 1.165) is 4.88 Å². The molecular formula is C12H17N3O2S2. The van der Waals surface area contributed by atoms with Gasteiger partial charge in [-0.15, -0.1) is 11.3 Å². The molecule has 19 heavy (non-hydrogen) atoms. The average Bonchev–Trinajstić information content (AvgIpc) is 2.94. The van der Waals surface area contributed by atoms with Crippen LogP contribution < -0.4 is 0 Å².